The number of nitrogens with two attached hydrogens (primary N) is 1. The van der Waals surface area contributed by atoms with Crippen molar-refractivity contribution < 1.29 is 18.9 Å². The van der Waals surface area contributed by atoms with Crippen LogP contribution in [0.1, 0.15) is 23.3 Å². The lowest BCUT2D eigenvalue weighted by Gasteiger charge is -2.30. The maximum absolute atomic E-state index is 13.3. The summed E-state index contributed by atoms with van der Waals surface area (Å²) in [5.74, 6) is -1.30. The number of hydrogen-bond donors (Lipinski definition) is 1. The average Bonchev–Trinajstić information content (AvgIpc) is 3.24. The fraction of sp³-hybridized carbons (Fsp3) is 0.227. The highest BCUT2D eigenvalue weighted by Crippen LogP contribution is 2.26. The molecule has 0 spiro atoms. The van der Waals surface area contributed by atoms with E-state index in [4.69, 9.17) is 5.73 Å². The molecule has 1 aromatic heterocycles. The first-order valence-corrected chi connectivity index (χ1v) is 10.0. The number of primary amides is 1. The number of likely N-dealkylation sites (tertiary alicyclic amines) is 1. The topological polar surface area (TPSA) is 124 Å². The molecule has 10 heteroatoms. The predicted molar refractivity (Wildman–Crippen MR) is 113 cm³/mol. The van der Waals surface area contributed by atoms with Gasteiger partial charge in [0, 0.05) is 36.7 Å². The van der Waals surface area contributed by atoms with Crippen LogP contribution < -0.4 is 5.73 Å². The quantitative estimate of drug-likeness (QED) is 0.485. The number of nitro groups is 1. The monoisotopic (exact) mass is 437 g/mol. The fourth-order valence-electron chi connectivity index (χ4n) is 3.74. The molecule has 1 aliphatic rings. The molecule has 0 aliphatic carbocycles. The van der Waals surface area contributed by atoms with Gasteiger partial charge in [-0.05, 0) is 55.3 Å². The van der Waals surface area contributed by atoms with Crippen LogP contribution >= 0.6 is 0 Å². The second-order valence-corrected chi connectivity index (χ2v) is 7.58. The van der Waals surface area contributed by atoms with Crippen LogP contribution in [0.2, 0.25) is 0 Å². The maximum Gasteiger partial charge on any atom is 0.272 e. The Morgan fingerprint density at radius 1 is 1.06 bits per heavy atom. The molecule has 2 N–H and O–H groups in total. The molecular weight excluding hydrogens is 417 g/mol. The van der Waals surface area contributed by atoms with Gasteiger partial charge in [-0.1, -0.05) is 0 Å². The number of hydrogen-bond acceptors (Lipinski definition) is 5. The summed E-state index contributed by atoms with van der Waals surface area (Å²) in [6.45, 7) is 0.757. The molecule has 2 amide bonds. The first-order chi connectivity index (χ1) is 15.3. The highest BCUT2D eigenvalue weighted by molar-refractivity contribution is 5.94. The lowest BCUT2D eigenvalue weighted by Crippen LogP contribution is -2.42. The van der Waals surface area contributed by atoms with Gasteiger partial charge in [0.25, 0.3) is 11.6 Å². The maximum atomic E-state index is 13.3. The number of benzene rings is 2. The van der Waals surface area contributed by atoms with Crippen LogP contribution in [-0.2, 0) is 4.79 Å². The summed E-state index contributed by atoms with van der Waals surface area (Å²) < 4.78 is 14.8. The first kappa shape index (κ1) is 21.2. The number of non-ortho nitro benzene ring substituents is 1. The zero-order valence-electron chi connectivity index (χ0n) is 17.0. The summed E-state index contributed by atoms with van der Waals surface area (Å²) in [5, 5.41) is 15.5. The van der Waals surface area contributed by atoms with Crippen molar-refractivity contribution in [2.24, 2.45) is 11.7 Å². The van der Waals surface area contributed by atoms with Crippen molar-refractivity contribution >= 4 is 17.5 Å². The van der Waals surface area contributed by atoms with Crippen LogP contribution in [0.5, 0.6) is 0 Å². The molecule has 32 heavy (non-hydrogen) atoms. The van der Waals surface area contributed by atoms with Crippen LogP contribution in [0.4, 0.5) is 10.1 Å². The van der Waals surface area contributed by atoms with E-state index in [-0.39, 0.29) is 29.1 Å². The van der Waals surface area contributed by atoms with Gasteiger partial charge in [0.1, 0.15) is 11.5 Å². The lowest BCUT2D eigenvalue weighted by atomic mass is 9.96. The molecule has 1 aliphatic heterocycles. The Kier molecular flexibility index (Phi) is 5.67. The molecule has 0 atom stereocenters. The molecule has 2 heterocycles. The normalized spacial score (nSPS) is 14.3. The lowest BCUT2D eigenvalue weighted by molar-refractivity contribution is -0.384. The van der Waals surface area contributed by atoms with E-state index in [0.717, 1.165) is 0 Å². The molecule has 0 radical (unpaired) electrons. The smallest absolute Gasteiger partial charge is 0.272 e. The third-order valence-electron chi connectivity index (χ3n) is 5.56. The summed E-state index contributed by atoms with van der Waals surface area (Å²) in [7, 11) is 0. The Bertz CT molecular complexity index is 1170. The minimum absolute atomic E-state index is 0.0823. The minimum atomic E-state index is -0.508. The predicted octanol–water partition coefficient (Wildman–Crippen LogP) is 2.92. The third-order valence-corrected chi connectivity index (χ3v) is 5.56. The van der Waals surface area contributed by atoms with Gasteiger partial charge in [-0.15, -0.1) is 0 Å². The zero-order chi connectivity index (χ0) is 22.8. The highest BCUT2D eigenvalue weighted by Gasteiger charge is 2.29. The summed E-state index contributed by atoms with van der Waals surface area (Å²) in [6, 6.07) is 13.0. The van der Waals surface area contributed by atoms with E-state index in [0.29, 0.717) is 42.9 Å². The number of halogens is 1. The number of nitrogens with zero attached hydrogens (tertiary/aromatic N) is 4. The summed E-state index contributed by atoms with van der Waals surface area (Å²) in [6.07, 6.45) is 0.967. The van der Waals surface area contributed by atoms with Crippen molar-refractivity contribution in [1.82, 2.24) is 14.7 Å². The van der Waals surface area contributed by atoms with Gasteiger partial charge in [-0.3, -0.25) is 19.7 Å². The van der Waals surface area contributed by atoms with Crippen molar-refractivity contribution in [3.05, 3.63) is 76.2 Å². The number of rotatable bonds is 5. The summed E-state index contributed by atoms with van der Waals surface area (Å²) >= 11 is 0. The zero-order valence-corrected chi connectivity index (χ0v) is 17.0. The molecule has 164 valence electrons. The molecule has 1 fully saturated rings. The van der Waals surface area contributed by atoms with Crippen molar-refractivity contribution in [3.63, 3.8) is 0 Å². The van der Waals surface area contributed by atoms with E-state index in [2.05, 4.69) is 5.10 Å². The number of carbonyl (C=O) groups excluding carboxylic acids is 2. The van der Waals surface area contributed by atoms with Gasteiger partial charge in [-0.25, -0.2) is 9.07 Å². The van der Waals surface area contributed by atoms with Gasteiger partial charge < -0.3 is 10.6 Å². The fourth-order valence-corrected chi connectivity index (χ4v) is 3.74. The number of aromatic nitrogens is 2. The number of nitro benzene ring substituents is 1. The Hall–Kier alpha value is -4.08. The van der Waals surface area contributed by atoms with E-state index >= 15 is 0 Å². The molecule has 0 bridgehead atoms. The molecule has 3 aromatic rings. The van der Waals surface area contributed by atoms with Crippen LogP contribution in [-0.4, -0.2) is 44.5 Å². The van der Waals surface area contributed by atoms with Crippen molar-refractivity contribution in [1.29, 1.82) is 0 Å². The van der Waals surface area contributed by atoms with Crippen molar-refractivity contribution in [2.75, 3.05) is 13.1 Å². The standard InChI is InChI=1S/C22H20FN5O4/c23-16-3-1-14(2-4-16)19-13-20(22(30)26-11-9-15(10-12-26)21(24)29)27(25-19)17-5-7-18(8-6-17)28(31)32/h1-8,13,15H,9-12H2,(H2,24,29). The van der Waals surface area contributed by atoms with E-state index in [1.54, 1.807) is 23.1 Å². The summed E-state index contributed by atoms with van der Waals surface area (Å²) in [4.78, 5) is 36.9. The van der Waals surface area contributed by atoms with E-state index in [1.807, 2.05) is 0 Å². The second kappa shape index (κ2) is 8.58. The SMILES string of the molecule is NC(=O)C1CCN(C(=O)c2cc(-c3ccc(F)cc3)nn2-c2ccc([N+](=O)[O-])cc2)CC1. The minimum Gasteiger partial charge on any atom is -0.369 e. The van der Waals surface area contributed by atoms with Crippen LogP contribution in [0.25, 0.3) is 16.9 Å². The number of piperidine rings is 1. The largest absolute Gasteiger partial charge is 0.369 e. The van der Waals surface area contributed by atoms with Gasteiger partial charge in [0.05, 0.1) is 16.3 Å². The van der Waals surface area contributed by atoms with Gasteiger partial charge in [0.2, 0.25) is 5.91 Å². The molecule has 0 unspecified atom stereocenters. The Labute approximate surface area is 182 Å². The van der Waals surface area contributed by atoms with Crippen LogP contribution in [0.15, 0.2) is 54.6 Å². The molecule has 0 saturated carbocycles. The molecule has 1 saturated heterocycles. The molecular formula is C22H20FN5O4. The number of carbonyl (C=O) groups is 2. The molecule has 2 aromatic carbocycles. The van der Waals surface area contributed by atoms with E-state index in [9.17, 15) is 24.1 Å². The Balaban J connectivity index is 1.71. The number of amides is 2. The van der Waals surface area contributed by atoms with Crippen LogP contribution in [0, 0.1) is 21.8 Å². The van der Waals surface area contributed by atoms with Gasteiger partial charge in [-0.2, -0.15) is 5.10 Å². The van der Waals surface area contributed by atoms with Crippen molar-refractivity contribution in [3.8, 4) is 16.9 Å². The van der Waals surface area contributed by atoms with Gasteiger partial charge in [0.15, 0.2) is 0 Å². The second-order valence-electron chi connectivity index (χ2n) is 7.58. The third kappa shape index (κ3) is 4.20. The first-order valence-electron chi connectivity index (χ1n) is 10.0. The van der Waals surface area contributed by atoms with Crippen LogP contribution in [0.3, 0.4) is 0 Å². The van der Waals surface area contributed by atoms with E-state index in [1.165, 1.54) is 41.1 Å². The van der Waals surface area contributed by atoms with Gasteiger partial charge >= 0.3 is 0 Å². The Morgan fingerprint density at radius 2 is 1.69 bits per heavy atom. The van der Waals surface area contributed by atoms with E-state index < -0.39 is 10.7 Å². The van der Waals surface area contributed by atoms with Crippen molar-refractivity contribution in [2.45, 2.75) is 12.8 Å². The highest BCUT2D eigenvalue weighted by atomic mass is 19.1. The molecule has 4 rings (SSSR count). The summed E-state index contributed by atoms with van der Waals surface area (Å²) in [5.41, 5.74) is 7.11. The molecule has 9 nitrogen and oxygen atoms in total. The Morgan fingerprint density at radius 3 is 2.25 bits per heavy atom. The average molecular weight is 437 g/mol.